The second-order valence-electron chi connectivity index (χ2n) is 6.14. The van der Waals surface area contributed by atoms with E-state index in [-0.39, 0.29) is 0 Å². The maximum Gasteiger partial charge on any atom is 0.140 e. The summed E-state index contributed by atoms with van der Waals surface area (Å²) in [5.74, 6) is 1.58. The third-order valence-corrected chi connectivity index (χ3v) is 4.62. The number of nitrogens with zero attached hydrogens (tertiary/aromatic N) is 4. The van der Waals surface area contributed by atoms with E-state index in [0.717, 1.165) is 44.0 Å². The van der Waals surface area contributed by atoms with Crippen LogP contribution in [0.2, 0.25) is 0 Å². The largest absolute Gasteiger partial charge is 0.364 e. The molecule has 2 aromatic heterocycles. The lowest BCUT2D eigenvalue weighted by molar-refractivity contribution is 0.199. The van der Waals surface area contributed by atoms with Gasteiger partial charge in [-0.25, -0.2) is 0 Å². The van der Waals surface area contributed by atoms with Crippen molar-refractivity contribution in [2.75, 3.05) is 13.1 Å². The molecule has 5 heteroatoms. The van der Waals surface area contributed by atoms with E-state index < -0.39 is 0 Å². The molecule has 3 aromatic rings. The molecule has 1 N–H and O–H groups in total. The minimum absolute atomic E-state index is 0.484. The highest BCUT2D eigenvalue weighted by Crippen LogP contribution is 2.28. The molecule has 0 aliphatic carbocycles. The number of hydrogen-bond acceptors (Lipinski definition) is 3. The fourth-order valence-electron chi connectivity index (χ4n) is 3.37. The van der Waals surface area contributed by atoms with Gasteiger partial charge in [0.15, 0.2) is 0 Å². The Morgan fingerprint density at radius 2 is 1.87 bits per heavy atom. The molecule has 1 aliphatic heterocycles. The molecule has 118 valence electrons. The lowest BCUT2D eigenvalue weighted by Crippen LogP contribution is -2.33. The summed E-state index contributed by atoms with van der Waals surface area (Å²) in [6.07, 6.45) is 6.08. The zero-order valence-electron chi connectivity index (χ0n) is 13.1. The monoisotopic (exact) mass is 307 g/mol. The van der Waals surface area contributed by atoms with Crippen molar-refractivity contribution in [3.8, 4) is 5.69 Å². The maximum atomic E-state index is 4.41. The number of nitrogens with one attached hydrogen (secondary N) is 1. The molecule has 0 atom stereocenters. The van der Waals surface area contributed by atoms with Crippen molar-refractivity contribution < 1.29 is 0 Å². The predicted octanol–water partition coefficient (Wildman–Crippen LogP) is 2.98. The molecule has 0 spiro atoms. The third-order valence-electron chi connectivity index (χ3n) is 4.62. The standard InChI is InChI=1S/C18H21N5/c1-2-6-17(7-3-1)23-14-20-21-18(23)15-8-11-22(12-9-15)13-16-5-4-10-19-16/h1-7,10,14-15,19H,8-9,11-13H2. The zero-order valence-corrected chi connectivity index (χ0v) is 13.1. The van der Waals surface area contributed by atoms with Crippen molar-refractivity contribution >= 4 is 0 Å². The van der Waals surface area contributed by atoms with E-state index in [0.29, 0.717) is 5.92 Å². The molecule has 0 unspecified atom stereocenters. The summed E-state index contributed by atoms with van der Waals surface area (Å²) in [5.41, 5.74) is 2.43. The van der Waals surface area contributed by atoms with Crippen LogP contribution in [0.25, 0.3) is 5.69 Å². The molecule has 5 nitrogen and oxygen atoms in total. The summed E-state index contributed by atoms with van der Waals surface area (Å²) < 4.78 is 2.13. The van der Waals surface area contributed by atoms with Crippen LogP contribution < -0.4 is 0 Å². The quantitative estimate of drug-likeness (QED) is 0.806. The number of aromatic amines is 1. The van der Waals surface area contributed by atoms with Crippen LogP contribution in [0.5, 0.6) is 0 Å². The first-order valence-electron chi connectivity index (χ1n) is 8.20. The van der Waals surface area contributed by atoms with Crippen molar-refractivity contribution in [3.05, 3.63) is 66.5 Å². The van der Waals surface area contributed by atoms with Crippen molar-refractivity contribution in [1.82, 2.24) is 24.6 Å². The van der Waals surface area contributed by atoms with Gasteiger partial charge in [-0.2, -0.15) is 0 Å². The Bertz CT molecular complexity index is 724. The Morgan fingerprint density at radius 1 is 1.04 bits per heavy atom. The molecule has 0 bridgehead atoms. The summed E-state index contributed by atoms with van der Waals surface area (Å²) in [5, 5.41) is 8.55. The number of H-pyrrole nitrogens is 1. The molecule has 1 saturated heterocycles. The van der Waals surface area contributed by atoms with Gasteiger partial charge < -0.3 is 4.98 Å². The molecule has 0 radical (unpaired) electrons. The summed E-state index contributed by atoms with van der Waals surface area (Å²) >= 11 is 0. The second-order valence-corrected chi connectivity index (χ2v) is 6.14. The topological polar surface area (TPSA) is 49.7 Å². The van der Waals surface area contributed by atoms with Crippen molar-refractivity contribution in [2.24, 2.45) is 0 Å². The maximum absolute atomic E-state index is 4.41. The molecule has 1 aromatic carbocycles. The van der Waals surface area contributed by atoms with Gasteiger partial charge in [-0.1, -0.05) is 18.2 Å². The van der Waals surface area contributed by atoms with Crippen LogP contribution in [0.4, 0.5) is 0 Å². The van der Waals surface area contributed by atoms with Crippen molar-refractivity contribution in [2.45, 2.75) is 25.3 Å². The number of aromatic nitrogens is 4. The number of likely N-dealkylation sites (tertiary alicyclic amines) is 1. The van der Waals surface area contributed by atoms with Crippen molar-refractivity contribution in [3.63, 3.8) is 0 Å². The molecular weight excluding hydrogens is 286 g/mol. The van der Waals surface area contributed by atoms with Gasteiger partial charge in [0.2, 0.25) is 0 Å². The highest BCUT2D eigenvalue weighted by molar-refractivity contribution is 5.32. The van der Waals surface area contributed by atoms with Crippen LogP contribution in [0.1, 0.15) is 30.3 Å². The second kappa shape index (κ2) is 6.38. The number of rotatable bonds is 4. The molecular formula is C18H21N5. The highest BCUT2D eigenvalue weighted by Gasteiger charge is 2.25. The van der Waals surface area contributed by atoms with Gasteiger partial charge in [-0.15, -0.1) is 10.2 Å². The van der Waals surface area contributed by atoms with Gasteiger partial charge in [-0.3, -0.25) is 9.47 Å². The molecule has 3 heterocycles. The Morgan fingerprint density at radius 3 is 2.61 bits per heavy atom. The molecule has 0 amide bonds. The average Bonchev–Trinajstić information content (AvgIpc) is 3.28. The summed E-state index contributed by atoms with van der Waals surface area (Å²) in [6.45, 7) is 3.21. The molecule has 1 fully saturated rings. The summed E-state index contributed by atoms with van der Waals surface area (Å²) in [4.78, 5) is 5.79. The van der Waals surface area contributed by atoms with Gasteiger partial charge in [0, 0.05) is 30.0 Å². The number of benzene rings is 1. The minimum atomic E-state index is 0.484. The van der Waals surface area contributed by atoms with Crippen LogP contribution >= 0.6 is 0 Å². The third kappa shape index (κ3) is 3.05. The fourth-order valence-corrected chi connectivity index (χ4v) is 3.37. The Kier molecular flexibility index (Phi) is 3.94. The zero-order chi connectivity index (χ0) is 15.5. The van der Waals surface area contributed by atoms with E-state index in [9.17, 15) is 0 Å². The lowest BCUT2D eigenvalue weighted by atomic mass is 9.95. The Balaban J connectivity index is 1.44. The number of para-hydroxylation sites is 1. The summed E-state index contributed by atoms with van der Waals surface area (Å²) in [7, 11) is 0. The van der Waals surface area contributed by atoms with Crippen LogP contribution in [0.15, 0.2) is 55.0 Å². The smallest absolute Gasteiger partial charge is 0.140 e. The van der Waals surface area contributed by atoms with Gasteiger partial charge in [0.25, 0.3) is 0 Å². The van der Waals surface area contributed by atoms with Crippen LogP contribution in [0, 0.1) is 0 Å². The number of hydrogen-bond donors (Lipinski definition) is 1. The Hall–Kier alpha value is -2.40. The van der Waals surface area contributed by atoms with Crippen LogP contribution in [0.3, 0.4) is 0 Å². The highest BCUT2D eigenvalue weighted by atomic mass is 15.3. The van der Waals surface area contributed by atoms with E-state index >= 15 is 0 Å². The van der Waals surface area contributed by atoms with E-state index in [1.54, 1.807) is 0 Å². The fraction of sp³-hybridized carbons (Fsp3) is 0.333. The molecule has 0 saturated carbocycles. The van der Waals surface area contributed by atoms with Crippen LogP contribution in [-0.2, 0) is 6.54 Å². The first-order chi connectivity index (χ1) is 11.4. The van der Waals surface area contributed by atoms with E-state index in [4.69, 9.17) is 0 Å². The van der Waals surface area contributed by atoms with E-state index in [2.05, 4.69) is 61.0 Å². The SMILES string of the molecule is c1ccc(-n2cnnc2C2CCN(Cc3ccc[nH]3)CC2)cc1. The normalized spacial score (nSPS) is 16.7. The first kappa shape index (κ1) is 14.2. The molecule has 23 heavy (non-hydrogen) atoms. The predicted molar refractivity (Wildman–Crippen MR) is 89.4 cm³/mol. The first-order valence-corrected chi connectivity index (χ1v) is 8.20. The minimum Gasteiger partial charge on any atom is -0.364 e. The lowest BCUT2D eigenvalue weighted by Gasteiger charge is -2.31. The van der Waals surface area contributed by atoms with E-state index in [1.807, 2.05) is 18.6 Å². The van der Waals surface area contributed by atoms with Crippen molar-refractivity contribution in [1.29, 1.82) is 0 Å². The molecule has 4 rings (SSSR count). The van der Waals surface area contributed by atoms with Gasteiger partial charge in [-0.05, 0) is 50.2 Å². The van der Waals surface area contributed by atoms with Crippen LogP contribution in [-0.4, -0.2) is 37.7 Å². The Labute approximate surface area is 136 Å². The summed E-state index contributed by atoms with van der Waals surface area (Å²) in [6, 6.07) is 14.6. The van der Waals surface area contributed by atoms with Gasteiger partial charge >= 0.3 is 0 Å². The molecule has 1 aliphatic rings. The van der Waals surface area contributed by atoms with Gasteiger partial charge in [0.05, 0.1) is 0 Å². The average molecular weight is 307 g/mol. The number of piperidine rings is 1. The van der Waals surface area contributed by atoms with E-state index in [1.165, 1.54) is 5.69 Å². The van der Waals surface area contributed by atoms with Gasteiger partial charge in [0.1, 0.15) is 12.2 Å².